The number of aliphatic hydroxyl groups excluding tert-OH is 1. The van der Waals surface area contributed by atoms with E-state index in [0.717, 1.165) is 19.3 Å². The standard InChI is InChI=1S/C15H20OS/c1-3-11(4-2)14(16)9-12-10-17-15-8-6-5-7-13(12)15/h5-8,10-11,14,16H,3-4,9H2,1-2H3. The van der Waals surface area contributed by atoms with Crippen molar-refractivity contribution >= 4 is 21.4 Å². The van der Waals surface area contributed by atoms with E-state index in [-0.39, 0.29) is 6.10 Å². The van der Waals surface area contributed by atoms with Crippen LogP contribution in [0.2, 0.25) is 0 Å². The molecular formula is C15H20OS. The molecule has 2 aromatic rings. The fourth-order valence-corrected chi connectivity index (χ4v) is 3.39. The van der Waals surface area contributed by atoms with Crippen LogP contribution >= 0.6 is 11.3 Å². The van der Waals surface area contributed by atoms with Crippen LogP contribution in [0.15, 0.2) is 29.6 Å². The van der Waals surface area contributed by atoms with Gasteiger partial charge in [0.15, 0.2) is 0 Å². The number of rotatable bonds is 5. The van der Waals surface area contributed by atoms with Crippen LogP contribution in [0, 0.1) is 5.92 Å². The molecule has 0 fully saturated rings. The van der Waals surface area contributed by atoms with Gasteiger partial charge in [0.2, 0.25) is 0 Å². The van der Waals surface area contributed by atoms with Crippen LogP contribution in [0.4, 0.5) is 0 Å². The molecule has 1 unspecified atom stereocenters. The van der Waals surface area contributed by atoms with E-state index in [1.807, 2.05) is 0 Å². The van der Waals surface area contributed by atoms with Gasteiger partial charge in [-0.25, -0.2) is 0 Å². The Morgan fingerprint density at radius 2 is 1.88 bits per heavy atom. The maximum atomic E-state index is 10.2. The Labute approximate surface area is 107 Å². The highest BCUT2D eigenvalue weighted by Crippen LogP contribution is 2.28. The molecule has 1 atom stereocenters. The Morgan fingerprint density at radius 1 is 1.18 bits per heavy atom. The summed E-state index contributed by atoms with van der Waals surface area (Å²) >= 11 is 1.77. The second-order valence-electron chi connectivity index (χ2n) is 4.61. The summed E-state index contributed by atoms with van der Waals surface area (Å²) in [6.45, 7) is 4.31. The third-order valence-corrected chi connectivity index (χ3v) is 4.60. The van der Waals surface area contributed by atoms with E-state index in [4.69, 9.17) is 0 Å². The van der Waals surface area contributed by atoms with Crippen molar-refractivity contribution in [2.75, 3.05) is 0 Å². The molecule has 0 saturated carbocycles. The zero-order chi connectivity index (χ0) is 12.3. The van der Waals surface area contributed by atoms with E-state index in [0.29, 0.717) is 5.92 Å². The normalized spacial score (nSPS) is 13.4. The number of aliphatic hydroxyl groups is 1. The molecule has 17 heavy (non-hydrogen) atoms. The number of thiophene rings is 1. The summed E-state index contributed by atoms with van der Waals surface area (Å²) in [5.74, 6) is 0.425. The lowest BCUT2D eigenvalue weighted by molar-refractivity contribution is 0.103. The van der Waals surface area contributed by atoms with Crippen LogP contribution in [-0.4, -0.2) is 11.2 Å². The largest absolute Gasteiger partial charge is 0.392 e. The predicted molar refractivity (Wildman–Crippen MR) is 75.6 cm³/mol. The molecule has 0 aliphatic heterocycles. The summed E-state index contributed by atoms with van der Waals surface area (Å²) < 4.78 is 1.32. The second-order valence-corrected chi connectivity index (χ2v) is 5.52. The zero-order valence-corrected chi connectivity index (χ0v) is 11.3. The van der Waals surface area contributed by atoms with Gasteiger partial charge in [0.25, 0.3) is 0 Å². The molecule has 0 spiro atoms. The second kappa shape index (κ2) is 5.65. The van der Waals surface area contributed by atoms with E-state index in [1.165, 1.54) is 15.6 Å². The van der Waals surface area contributed by atoms with E-state index in [9.17, 15) is 5.11 Å². The summed E-state index contributed by atoms with van der Waals surface area (Å²) in [5.41, 5.74) is 1.30. The third-order valence-electron chi connectivity index (χ3n) is 3.58. The van der Waals surface area contributed by atoms with Gasteiger partial charge in [0.05, 0.1) is 6.10 Å². The summed E-state index contributed by atoms with van der Waals surface area (Å²) in [4.78, 5) is 0. The fourth-order valence-electron chi connectivity index (χ4n) is 2.42. The van der Waals surface area contributed by atoms with Gasteiger partial charge in [-0.15, -0.1) is 11.3 Å². The molecule has 0 radical (unpaired) electrons. The number of hydrogen-bond donors (Lipinski definition) is 1. The minimum atomic E-state index is -0.206. The molecule has 0 saturated heterocycles. The zero-order valence-electron chi connectivity index (χ0n) is 10.5. The van der Waals surface area contributed by atoms with Gasteiger partial charge in [-0.05, 0) is 28.3 Å². The average molecular weight is 248 g/mol. The maximum Gasteiger partial charge on any atom is 0.0609 e. The van der Waals surface area contributed by atoms with Gasteiger partial charge in [0, 0.05) is 11.1 Å². The van der Waals surface area contributed by atoms with Crippen molar-refractivity contribution in [3.05, 3.63) is 35.2 Å². The number of benzene rings is 1. The topological polar surface area (TPSA) is 20.2 Å². The highest BCUT2D eigenvalue weighted by Gasteiger charge is 2.17. The fraction of sp³-hybridized carbons (Fsp3) is 0.467. The molecule has 92 valence electrons. The summed E-state index contributed by atoms with van der Waals surface area (Å²) in [6, 6.07) is 8.44. The van der Waals surface area contributed by atoms with Crippen molar-refractivity contribution < 1.29 is 5.11 Å². The Morgan fingerprint density at radius 3 is 2.59 bits per heavy atom. The molecule has 1 aromatic carbocycles. The Hall–Kier alpha value is -0.860. The predicted octanol–water partition coefficient (Wildman–Crippen LogP) is 4.24. The van der Waals surface area contributed by atoms with Crippen LogP contribution in [0.3, 0.4) is 0 Å². The molecule has 2 heteroatoms. The first kappa shape index (κ1) is 12.6. The van der Waals surface area contributed by atoms with E-state index in [2.05, 4.69) is 43.5 Å². The Balaban J connectivity index is 2.18. The minimum Gasteiger partial charge on any atom is -0.392 e. The molecule has 1 aromatic heterocycles. The lowest BCUT2D eigenvalue weighted by Crippen LogP contribution is -2.21. The van der Waals surface area contributed by atoms with Gasteiger partial charge >= 0.3 is 0 Å². The first-order valence-corrected chi connectivity index (χ1v) is 7.27. The van der Waals surface area contributed by atoms with E-state index < -0.39 is 0 Å². The molecule has 0 aliphatic carbocycles. The Bertz CT molecular complexity index is 470. The average Bonchev–Trinajstić information content (AvgIpc) is 2.74. The van der Waals surface area contributed by atoms with Crippen molar-refractivity contribution in [3.8, 4) is 0 Å². The van der Waals surface area contributed by atoms with Crippen LogP contribution in [0.1, 0.15) is 32.3 Å². The van der Waals surface area contributed by atoms with E-state index in [1.54, 1.807) is 11.3 Å². The molecular weight excluding hydrogens is 228 g/mol. The van der Waals surface area contributed by atoms with Crippen molar-refractivity contribution in [1.82, 2.24) is 0 Å². The lowest BCUT2D eigenvalue weighted by atomic mass is 9.92. The van der Waals surface area contributed by atoms with Crippen molar-refractivity contribution in [2.45, 2.75) is 39.2 Å². The first-order chi connectivity index (χ1) is 8.26. The molecule has 0 aliphatic rings. The molecule has 0 amide bonds. The molecule has 1 nitrogen and oxygen atoms in total. The van der Waals surface area contributed by atoms with Gasteiger partial charge < -0.3 is 5.11 Å². The van der Waals surface area contributed by atoms with Crippen LogP contribution in [0.5, 0.6) is 0 Å². The van der Waals surface area contributed by atoms with Crippen molar-refractivity contribution in [2.24, 2.45) is 5.92 Å². The van der Waals surface area contributed by atoms with Gasteiger partial charge in [-0.1, -0.05) is 44.9 Å². The lowest BCUT2D eigenvalue weighted by Gasteiger charge is -2.19. The molecule has 0 bridgehead atoms. The smallest absolute Gasteiger partial charge is 0.0609 e. The molecule has 1 N–H and O–H groups in total. The van der Waals surface area contributed by atoms with Crippen LogP contribution in [-0.2, 0) is 6.42 Å². The van der Waals surface area contributed by atoms with Gasteiger partial charge in [0.1, 0.15) is 0 Å². The molecule has 1 heterocycles. The van der Waals surface area contributed by atoms with Crippen molar-refractivity contribution in [1.29, 1.82) is 0 Å². The molecule has 2 rings (SSSR count). The highest BCUT2D eigenvalue weighted by atomic mass is 32.1. The monoisotopic (exact) mass is 248 g/mol. The van der Waals surface area contributed by atoms with Crippen LogP contribution in [0.25, 0.3) is 10.1 Å². The minimum absolute atomic E-state index is 0.206. The number of fused-ring (bicyclic) bond motifs is 1. The highest BCUT2D eigenvalue weighted by molar-refractivity contribution is 7.17. The maximum absolute atomic E-state index is 10.2. The van der Waals surface area contributed by atoms with Gasteiger partial charge in [-0.2, -0.15) is 0 Å². The summed E-state index contributed by atoms with van der Waals surface area (Å²) in [6.07, 6.45) is 2.69. The SMILES string of the molecule is CCC(CC)C(O)Cc1csc2ccccc12. The van der Waals surface area contributed by atoms with E-state index >= 15 is 0 Å². The first-order valence-electron chi connectivity index (χ1n) is 6.39. The summed E-state index contributed by atoms with van der Waals surface area (Å²) in [7, 11) is 0. The Kier molecular flexibility index (Phi) is 4.19. The van der Waals surface area contributed by atoms with Gasteiger partial charge in [-0.3, -0.25) is 0 Å². The van der Waals surface area contributed by atoms with Crippen LogP contribution < -0.4 is 0 Å². The van der Waals surface area contributed by atoms with Crippen molar-refractivity contribution in [3.63, 3.8) is 0 Å². The number of hydrogen-bond acceptors (Lipinski definition) is 2. The third kappa shape index (κ3) is 2.70. The quantitative estimate of drug-likeness (QED) is 0.839. The summed E-state index contributed by atoms with van der Waals surface area (Å²) in [5, 5.41) is 13.7.